The number of piperidine rings is 1. The lowest BCUT2D eigenvalue weighted by Gasteiger charge is -2.31. The Morgan fingerprint density at radius 2 is 1.83 bits per heavy atom. The number of rotatable bonds is 6. The number of likely N-dealkylation sites (tertiary alicyclic amines) is 1. The number of carbonyl (C=O) groups is 3. The summed E-state index contributed by atoms with van der Waals surface area (Å²) in [4.78, 5) is 38.6. The minimum atomic E-state index is -0.906. The third-order valence-electron chi connectivity index (χ3n) is 5.58. The Hall–Kier alpha value is -2.59. The van der Waals surface area contributed by atoms with E-state index in [0.29, 0.717) is 36.5 Å². The zero-order valence-corrected chi connectivity index (χ0v) is 17.1. The molecular weight excluding hydrogens is 394 g/mol. The normalized spacial score (nSPS) is 19.0. The molecule has 0 aromatic heterocycles. The second kappa shape index (κ2) is 8.83. The molecule has 1 aromatic carbocycles. The van der Waals surface area contributed by atoms with Gasteiger partial charge in [-0.25, -0.2) is 0 Å². The topological polar surface area (TPSA) is 99.5 Å². The first-order valence-electron chi connectivity index (χ1n) is 9.76. The van der Waals surface area contributed by atoms with Gasteiger partial charge < -0.3 is 15.0 Å². The molecule has 29 heavy (non-hydrogen) atoms. The molecule has 0 unspecified atom stereocenters. The van der Waals surface area contributed by atoms with E-state index in [0.717, 1.165) is 12.8 Å². The van der Waals surface area contributed by atoms with Crippen molar-refractivity contribution in [3.63, 3.8) is 0 Å². The van der Waals surface area contributed by atoms with Crippen LogP contribution in [0.2, 0.25) is 5.02 Å². The van der Waals surface area contributed by atoms with Crippen molar-refractivity contribution in [3.05, 3.63) is 34.9 Å². The smallest absolute Gasteiger partial charge is 0.309 e. The zero-order chi connectivity index (χ0) is 21.0. The minimum Gasteiger partial charge on any atom is -0.455 e. The van der Waals surface area contributed by atoms with Gasteiger partial charge in [0.05, 0.1) is 12.0 Å². The molecule has 1 aliphatic heterocycles. The van der Waals surface area contributed by atoms with Crippen LogP contribution in [0.15, 0.2) is 24.3 Å². The molecule has 3 rings (SSSR count). The SMILES string of the molecule is C[C@](C#N)(NC(=O)COC(=O)C1CCN(C(=O)c2ccc(Cl)cc2)CC1)C1CC1. The first-order chi connectivity index (χ1) is 13.8. The summed E-state index contributed by atoms with van der Waals surface area (Å²) in [5.74, 6) is -1.19. The number of hydrogen-bond donors (Lipinski definition) is 1. The van der Waals surface area contributed by atoms with Gasteiger partial charge in [0.15, 0.2) is 6.61 Å². The molecule has 1 aromatic rings. The van der Waals surface area contributed by atoms with Crippen molar-refractivity contribution in [2.45, 2.75) is 38.1 Å². The van der Waals surface area contributed by atoms with E-state index in [1.165, 1.54) is 0 Å². The van der Waals surface area contributed by atoms with E-state index < -0.39 is 24.0 Å². The van der Waals surface area contributed by atoms with Crippen molar-refractivity contribution >= 4 is 29.4 Å². The fraction of sp³-hybridized carbons (Fsp3) is 0.524. The van der Waals surface area contributed by atoms with E-state index in [4.69, 9.17) is 16.3 Å². The molecule has 0 bridgehead atoms. The molecule has 1 atom stereocenters. The Kier molecular flexibility index (Phi) is 6.43. The standard InChI is InChI=1S/C21H24ClN3O4/c1-21(13-23,16-4-5-16)24-18(26)12-29-20(28)15-8-10-25(11-9-15)19(27)14-2-6-17(22)7-3-14/h2-3,6-7,15-16H,4-5,8-12H2,1H3,(H,24,26)/t21-/m1/s1. The van der Waals surface area contributed by atoms with Gasteiger partial charge in [-0.05, 0) is 62.8 Å². The molecule has 1 saturated heterocycles. The van der Waals surface area contributed by atoms with Crippen LogP contribution in [0.4, 0.5) is 0 Å². The number of hydrogen-bond acceptors (Lipinski definition) is 5. The fourth-order valence-corrected chi connectivity index (χ4v) is 3.68. The molecule has 1 aliphatic carbocycles. The molecule has 8 heteroatoms. The van der Waals surface area contributed by atoms with Crippen molar-refractivity contribution in [3.8, 4) is 6.07 Å². The summed E-state index contributed by atoms with van der Waals surface area (Å²) in [5, 5.41) is 12.5. The summed E-state index contributed by atoms with van der Waals surface area (Å²) in [7, 11) is 0. The molecule has 7 nitrogen and oxygen atoms in total. The number of nitrogens with one attached hydrogen (secondary N) is 1. The van der Waals surface area contributed by atoms with E-state index in [1.54, 1.807) is 36.1 Å². The van der Waals surface area contributed by atoms with Gasteiger partial charge in [-0.2, -0.15) is 5.26 Å². The predicted molar refractivity (Wildman–Crippen MR) is 106 cm³/mol. The highest BCUT2D eigenvalue weighted by atomic mass is 35.5. The lowest BCUT2D eigenvalue weighted by molar-refractivity contribution is -0.154. The Balaban J connectivity index is 1.43. The Morgan fingerprint density at radius 1 is 1.21 bits per heavy atom. The van der Waals surface area contributed by atoms with Crippen LogP contribution in [0.5, 0.6) is 0 Å². The van der Waals surface area contributed by atoms with Crippen LogP contribution in [-0.2, 0) is 14.3 Å². The van der Waals surface area contributed by atoms with Crippen LogP contribution in [0, 0.1) is 23.2 Å². The van der Waals surface area contributed by atoms with E-state index in [2.05, 4.69) is 11.4 Å². The lowest BCUT2D eigenvalue weighted by atomic mass is 9.96. The van der Waals surface area contributed by atoms with Crippen LogP contribution >= 0.6 is 11.6 Å². The van der Waals surface area contributed by atoms with Gasteiger partial charge >= 0.3 is 5.97 Å². The number of nitriles is 1. The number of nitrogens with zero attached hydrogens (tertiary/aromatic N) is 2. The van der Waals surface area contributed by atoms with Crippen LogP contribution in [0.25, 0.3) is 0 Å². The molecule has 1 N–H and O–H groups in total. The number of ether oxygens (including phenoxy) is 1. The molecule has 0 spiro atoms. The summed E-state index contributed by atoms with van der Waals surface area (Å²) in [6.45, 7) is 2.19. The second-order valence-corrected chi connectivity index (χ2v) is 8.25. The first kappa shape index (κ1) is 21.1. The number of halogens is 1. The van der Waals surface area contributed by atoms with Crippen LogP contribution < -0.4 is 5.32 Å². The van der Waals surface area contributed by atoms with Crippen LogP contribution in [-0.4, -0.2) is 47.9 Å². The average Bonchev–Trinajstić information content (AvgIpc) is 3.58. The van der Waals surface area contributed by atoms with E-state index in [1.807, 2.05) is 0 Å². The van der Waals surface area contributed by atoms with Gasteiger partial charge in [-0.3, -0.25) is 14.4 Å². The summed E-state index contributed by atoms with van der Waals surface area (Å²) in [6, 6.07) is 8.84. The highest BCUT2D eigenvalue weighted by molar-refractivity contribution is 6.30. The number of esters is 1. The molecule has 1 heterocycles. The van der Waals surface area contributed by atoms with Crippen molar-refractivity contribution in [2.75, 3.05) is 19.7 Å². The fourth-order valence-electron chi connectivity index (χ4n) is 3.56. The van der Waals surface area contributed by atoms with Gasteiger partial charge in [-0.15, -0.1) is 0 Å². The zero-order valence-electron chi connectivity index (χ0n) is 16.3. The third-order valence-corrected chi connectivity index (χ3v) is 5.83. The maximum Gasteiger partial charge on any atom is 0.309 e. The number of amides is 2. The highest BCUT2D eigenvalue weighted by Crippen LogP contribution is 2.39. The molecule has 2 fully saturated rings. The molecular formula is C21H24ClN3O4. The van der Waals surface area contributed by atoms with Crippen molar-refractivity contribution in [1.82, 2.24) is 10.2 Å². The van der Waals surface area contributed by atoms with E-state index in [-0.39, 0.29) is 17.7 Å². The van der Waals surface area contributed by atoms with Gasteiger partial charge in [0.1, 0.15) is 5.54 Å². The largest absolute Gasteiger partial charge is 0.455 e. The quantitative estimate of drug-likeness (QED) is 0.717. The van der Waals surface area contributed by atoms with Gasteiger partial charge in [0, 0.05) is 23.7 Å². The maximum absolute atomic E-state index is 12.5. The van der Waals surface area contributed by atoms with Crippen molar-refractivity contribution in [1.29, 1.82) is 5.26 Å². The lowest BCUT2D eigenvalue weighted by Crippen LogP contribution is -2.48. The highest BCUT2D eigenvalue weighted by Gasteiger charge is 2.43. The molecule has 2 amide bonds. The summed E-state index contributed by atoms with van der Waals surface area (Å²) >= 11 is 5.85. The van der Waals surface area contributed by atoms with Crippen molar-refractivity contribution < 1.29 is 19.1 Å². The van der Waals surface area contributed by atoms with Gasteiger partial charge in [0.2, 0.25) is 0 Å². The average molecular weight is 418 g/mol. The first-order valence-corrected chi connectivity index (χ1v) is 10.1. The summed E-state index contributed by atoms with van der Waals surface area (Å²) in [5.41, 5.74) is -0.347. The monoisotopic (exact) mass is 417 g/mol. The van der Waals surface area contributed by atoms with Crippen molar-refractivity contribution in [2.24, 2.45) is 11.8 Å². The van der Waals surface area contributed by atoms with Crippen LogP contribution in [0.3, 0.4) is 0 Å². The van der Waals surface area contributed by atoms with Crippen LogP contribution in [0.1, 0.15) is 43.0 Å². The molecule has 2 aliphatic rings. The predicted octanol–water partition coefficient (Wildman–Crippen LogP) is 2.54. The summed E-state index contributed by atoms with van der Waals surface area (Å²) in [6.07, 6.45) is 2.80. The molecule has 154 valence electrons. The molecule has 0 radical (unpaired) electrons. The second-order valence-electron chi connectivity index (χ2n) is 7.82. The number of benzene rings is 1. The minimum absolute atomic E-state index is 0.0938. The van der Waals surface area contributed by atoms with E-state index >= 15 is 0 Å². The maximum atomic E-state index is 12.5. The van der Waals surface area contributed by atoms with Gasteiger partial charge in [-0.1, -0.05) is 11.6 Å². The number of carbonyl (C=O) groups excluding carboxylic acids is 3. The van der Waals surface area contributed by atoms with Gasteiger partial charge in [0.25, 0.3) is 11.8 Å². The Labute approximate surface area is 174 Å². The summed E-state index contributed by atoms with van der Waals surface area (Å²) < 4.78 is 5.15. The Bertz CT molecular complexity index is 823. The Morgan fingerprint density at radius 3 is 2.38 bits per heavy atom. The third kappa shape index (κ3) is 5.27. The molecule has 1 saturated carbocycles. The van der Waals surface area contributed by atoms with E-state index in [9.17, 15) is 19.6 Å².